The van der Waals surface area contributed by atoms with Crippen molar-refractivity contribution in [3.05, 3.63) is 48.0 Å². The largest absolute Gasteiger partial charge is 0.496 e. The quantitative estimate of drug-likeness (QED) is 0.599. The fraction of sp³-hybridized carbons (Fsp3) is 0.458. The van der Waals surface area contributed by atoms with Gasteiger partial charge in [0.25, 0.3) is 0 Å². The summed E-state index contributed by atoms with van der Waals surface area (Å²) >= 11 is 0. The SMILES string of the molecule is COc1ccccc1CN(C)CC(=O)Nc1cc(S(=O)(=O)N2CCCCCC2)ccc1OC. The zero-order chi connectivity index (χ0) is 23.8. The first-order valence-corrected chi connectivity index (χ1v) is 12.6. The van der Waals surface area contributed by atoms with Crippen molar-refractivity contribution in [1.82, 2.24) is 9.21 Å². The summed E-state index contributed by atoms with van der Waals surface area (Å²) in [6, 6.07) is 12.2. The molecule has 1 heterocycles. The van der Waals surface area contributed by atoms with Gasteiger partial charge in [-0.25, -0.2) is 8.42 Å². The number of hydrogen-bond donors (Lipinski definition) is 1. The summed E-state index contributed by atoms with van der Waals surface area (Å²) in [5, 5.41) is 2.81. The summed E-state index contributed by atoms with van der Waals surface area (Å²) < 4.78 is 38.6. The van der Waals surface area contributed by atoms with E-state index >= 15 is 0 Å². The molecule has 1 aliphatic rings. The van der Waals surface area contributed by atoms with Gasteiger partial charge in [-0.15, -0.1) is 0 Å². The highest BCUT2D eigenvalue weighted by Crippen LogP contribution is 2.30. The van der Waals surface area contributed by atoms with Crippen molar-refractivity contribution >= 4 is 21.6 Å². The summed E-state index contributed by atoms with van der Waals surface area (Å²) in [4.78, 5) is 14.8. The number of ether oxygens (including phenoxy) is 2. The number of para-hydroxylation sites is 1. The molecule has 0 spiro atoms. The molecule has 0 radical (unpaired) electrons. The molecule has 2 aromatic rings. The number of carbonyl (C=O) groups is 1. The van der Waals surface area contributed by atoms with Gasteiger partial charge >= 0.3 is 0 Å². The lowest BCUT2D eigenvalue weighted by atomic mass is 10.2. The fourth-order valence-corrected chi connectivity index (χ4v) is 5.54. The van der Waals surface area contributed by atoms with E-state index in [1.807, 2.05) is 36.2 Å². The molecule has 1 N–H and O–H groups in total. The second-order valence-electron chi connectivity index (χ2n) is 8.21. The van der Waals surface area contributed by atoms with Crippen molar-refractivity contribution in [2.75, 3.05) is 46.2 Å². The van der Waals surface area contributed by atoms with Crippen molar-refractivity contribution < 1.29 is 22.7 Å². The van der Waals surface area contributed by atoms with Crippen molar-refractivity contribution in [2.24, 2.45) is 0 Å². The molecule has 1 amide bonds. The highest BCUT2D eigenvalue weighted by atomic mass is 32.2. The van der Waals surface area contributed by atoms with Crippen molar-refractivity contribution in [3.8, 4) is 11.5 Å². The van der Waals surface area contributed by atoms with E-state index in [1.165, 1.54) is 23.5 Å². The minimum absolute atomic E-state index is 0.115. The van der Waals surface area contributed by atoms with E-state index in [0.29, 0.717) is 31.1 Å². The van der Waals surface area contributed by atoms with Crippen LogP contribution in [0.5, 0.6) is 11.5 Å². The predicted molar refractivity (Wildman–Crippen MR) is 128 cm³/mol. The number of nitrogens with zero attached hydrogens (tertiary/aromatic N) is 2. The van der Waals surface area contributed by atoms with E-state index in [4.69, 9.17) is 9.47 Å². The first-order chi connectivity index (χ1) is 15.8. The van der Waals surface area contributed by atoms with Gasteiger partial charge in [-0.2, -0.15) is 4.31 Å². The van der Waals surface area contributed by atoms with Crippen LogP contribution in [0.4, 0.5) is 5.69 Å². The van der Waals surface area contributed by atoms with Crippen LogP contribution < -0.4 is 14.8 Å². The van der Waals surface area contributed by atoms with Gasteiger partial charge in [0.05, 0.1) is 31.3 Å². The van der Waals surface area contributed by atoms with E-state index in [2.05, 4.69) is 5.32 Å². The number of carbonyl (C=O) groups excluding carboxylic acids is 1. The molecule has 2 aromatic carbocycles. The minimum atomic E-state index is -3.64. The average molecular weight is 476 g/mol. The molecule has 0 atom stereocenters. The Labute approximate surface area is 196 Å². The number of benzene rings is 2. The predicted octanol–water partition coefficient (Wildman–Crippen LogP) is 3.34. The first-order valence-electron chi connectivity index (χ1n) is 11.1. The topological polar surface area (TPSA) is 88.2 Å². The maximum absolute atomic E-state index is 13.2. The Hall–Kier alpha value is -2.62. The Morgan fingerprint density at radius 3 is 2.33 bits per heavy atom. The maximum atomic E-state index is 13.2. The summed E-state index contributed by atoms with van der Waals surface area (Å²) in [7, 11) is 1.30. The molecule has 8 nitrogen and oxygen atoms in total. The monoisotopic (exact) mass is 475 g/mol. The molecule has 1 saturated heterocycles. The lowest BCUT2D eigenvalue weighted by Gasteiger charge is -2.21. The zero-order valence-electron chi connectivity index (χ0n) is 19.5. The summed E-state index contributed by atoms with van der Waals surface area (Å²) in [5.74, 6) is 0.901. The van der Waals surface area contributed by atoms with Gasteiger partial charge in [0.1, 0.15) is 11.5 Å². The average Bonchev–Trinajstić information content (AvgIpc) is 3.09. The van der Waals surface area contributed by atoms with Crippen LogP contribution in [0.25, 0.3) is 0 Å². The highest BCUT2D eigenvalue weighted by Gasteiger charge is 2.26. The zero-order valence-corrected chi connectivity index (χ0v) is 20.4. The molecule has 0 saturated carbocycles. The van der Waals surface area contributed by atoms with Crippen LogP contribution in [0.15, 0.2) is 47.4 Å². The van der Waals surface area contributed by atoms with Crippen LogP contribution in [0.1, 0.15) is 31.2 Å². The third kappa shape index (κ3) is 6.46. The molecule has 0 aliphatic carbocycles. The van der Waals surface area contributed by atoms with E-state index in [9.17, 15) is 13.2 Å². The van der Waals surface area contributed by atoms with Crippen LogP contribution in [-0.2, 0) is 21.4 Å². The lowest BCUT2D eigenvalue weighted by molar-refractivity contribution is -0.117. The third-order valence-corrected chi connectivity index (χ3v) is 7.59. The number of sulfonamides is 1. The van der Waals surface area contributed by atoms with Gasteiger partial charge in [-0.3, -0.25) is 9.69 Å². The standard InChI is InChI=1S/C24H33N3O5S/c1-26(17-19-10-6-7-11-22(19)31-2)18-24(28)25-21-16-20(12-13-23(21)32-3)33(29,30)27-14-8-4-5-9-15-27/h6-7,10-13,16H,4-5,8-9,14-15,17-18H2,1-3H3,(H,25,28). The number of nitrogens with one attached hydrogen (secondary N) is 1. The molecule has 1 aliphatic heterocycles. The Kier molecular flexibility index (Phi) is 8.71. The van der Waals surface area contributed by atoms with Crippen LogP contribution in [0.3, 0.4) is 0 Å². The van der Waals surface area contributed by atoms with Gasteiger partial charge in [0, 0.05) is 25.2 Å². The molecular weight excluding hydrogens is 442 g/mol. The van der Waals surface area contributed by atoms with Crippen LogP contribution in [0, 0.1) is 0 Å². The number of rotatable bonds is 9. The smallest absolute Gasteiger partial charge is 0.243 e. The normalized spacial score (nSPS) is 15.2. The molecule has 0 unspecified atom stereocenters. The van der Waals surface area contributed by atoms with Gasteiger partial charge in [0.2, 0.25) is 15.9 Å². The lowest BCUT2D eigenvalue weighted by Crippen LogP contribution is -2.32. The number of hydrogen-bond acceptors (Lipinski definition) is 6. The molecular formula is C24H33N3O5S. The molecule has 0 aromatic heterocycles. The molecule has 3 rings (SSSR count). The maximum Gasteiger partial charge on any atom is 0.243 e. The van der Waals surface area contributed by atoms with Crippen molar-refractivity contribution in [1.29, 1.82) is 0 Å². The second kappa shape index (κ2) is 11.5. The molecule has 33 heavy (non-hydrogen) atoms. The first kappa shape index (κ1) is 25.0. The number of likely N-dealkylation sites (N-methyl/N-ethyl adjacent to an activating group) is 1. The Balaban J connectivity index is 1.72. The van der Waals surface area contributed by atoms with Gasteiger partial charge < -0.3 is 14.8 Å². The van der Waals surface area contributed by atoms with Crippen LogP contribution in [0.2, 0.25) is 0 Å². The highest BCUT2D eigenvalue weighted by molar-refractivity contribution is 7.89. The van der Waals surface area contributed by atoms with Crippen molar-refractivity contribution in [3.63, 3.8) is 0 Å². The molecule has 0 bridgehead atoms. The fourth-order valence-electron chi connectivity index (χ4n) is 3.99. The number of methoxy groups -OCH3 is 2. The number of anilines is 1. The Morgan fingerprint density at radius 2 is 1.67 bits per heavy atom. The molecule has 1 fully saturated rings. The van der Waals surface area contributed by atoms with Gasteiger partial charge in [-0.1, -0.05) is 31.0 Å². The summed E-state index contributed by atoms with van der Waals surface area (Å²) in [6.45, 7) is 1.68. The van der Waals surface area contributed by atoms with Gasteiger partial charge in [0.15, 0.2) is 0 Å². The van der Waals surface area contributed by atoms with Gasteiger partial charge in [-0.05, 0) is 44.2 Å². The summed E-state index contributed by atoms with van der Waals surface area (Å²) in [6.07, 6.45) is 3.80. The summed E-state index contributed by atoms with van der Waals surface area (Å²) in [5.41, 5.74) is 1.31. The Bertz CT molecular complexity index is 1050. The van der Waals surface area contributed by atoms with E-state index in [-0.39, 0.29) is 17.3 Å². The second-order valence-corrected chi connectivity index (χ2v) is 10.2. The number of amides is 1. The van der Waals surface area contributed by atoms with Crippen LogP contribution in [-0.4, -0.2) is 64.4 Å². The van der Waals surface area contributed by atoms with E-state index in [1.54, 1.807) is 13.2 Å². The van der Waals surface area contributed by atoms with Crippen molar-refractivity contribution in [2.45, 2.75) is 37.1 Å². The molecule has 180 valence electrons. The third-order valence-electron chi connectivity index (χ3n) is 5.69. The van der Waals surface area contributed by atoms with E-state index < -0.39 is 10.0 Å². The molecule has 9 heteroatoms. The minimum Gasteiger partial charge on any atom is -0.496 e. The van der Waals surface area contributed by atoms with E-state index in [0.717, 1.165) is 37.0 Å². The van der Waals surface area contributed by atoms with Crippen LogP contribution >= 0.6 is 0 Å². The Morgan fingerprint density at radius 1 is 1.00 bits per heavy atom.